The Balaban J connectivity index is 1.76. The summed E-state index contributed by atoms with van der Waals surface area (Å²) in [7, 11) is 0. The number of hydrogen-bond acceptors (Lipinski definition) is 15. The van der Waals surface area contributed by atoms with Crippen LogP contribution in [0.1, 0.15) is 66.2 Å². The minimum atomic E-state index is -1.82. The van der Waals surface area contributed by atoms with Crippen LogP contribution in [0.3, 0.4) is 0 Å². The molecule has 0 aliphatic carbocycles. The van der Waals surface area contributed by atoms with E-state index in [0.717, 1.165) is 32.1 Å². The van der Waals surface area contributed by atoms with Crippen LogP contribution in [-0.2, 0) is 38.0 Å². The second-order valence-corrected chi connectivity index (χ2v) is 12.2. The third kappa shape index (κ3) is 9.97. The molecule has 3 saturated heterocycles. The predicted octanol–water partition coefficient (Wildman–Crippen LogP) is -1.31. The lowest BCUT2D eigenvalue weighted by atomic mass is 9.98. The van der Waals surface area contributed by atoms with Crippen LogP contribution in [0.15, 0.2) is 0 Å². The van der Waals surface area contributed by atoms with E-state index in [1.807, 2.05) is 20.8 Å². The zero-order valence-corrected chi connectivity index (χ0v) is 25.9. The van der Waals surface area contributed by atoms with E-state index >= 15 is 0 Å². The predicted molar refractivity (Wildman–Crippen MR) is 150 cm³/mol. The van der Waals surface area contributed by atoms with Crippen molar-refractivity contribution in [3.8, 4) is 0 Å². The monoisotopic (exact) mass is 640 g/mol. The highest BCUT2D eigenvalue weighted by Gasteiger charge is 2.51. The summed E-state index contributed by atoms with van der Waals surface area (Å²) in [6, 6.07) is 0. The molecule has 3 heterocycles. The third-order valence-electron chi connectivity index (χ3n) is 7.91. The Morgan fingerprint density at radius 2 is 1.34 bits per heavy atom. The summed E-state index contributed by atoms with van der Waals surface area (Å²) < 4.78 is 40.1. The Labute approximate surface area is 257 Å². The topological polar surface area (TPSA) is 223 Å². The van der Waals surface area contributed by atoms with Crippen LogP contribution in [0.2, 0.25) is 0 Å². The van der Waals surface area contributed by atoms with E-state index in [-0.39, 0.29) is 31.7 Å². The highest BCUT2D eigenvalue weighted by atomic mass is 16.8. The van der Waals surface area contributed by atoms with Gasteiger partial charge in [-0.05, 0) is 18.8 Å². The summed E-state index contributed by atoms with van der Waals surface area (Å²) in [6.45, 7) is 6.66. The van der Waals surface area contributed by atoms with Gasteiger partial charge in [0.25, 0.3) is 0 Å². The summed E-state index contributed by atoms with van der Waals surface area (Å²) in [4.78, 5) is 12.0. The van der Waals surface area contributed by atoms with E-state index in [2.05, 4.69) is 6.92 Å². The smallest absolute Gasteiger partial charge is 0.306 e. The van der Waals surface area contributed by atoms with Gasteiger partial charge in [-0.3, -0.25) is 4.79 Å². The summed E-state index contributed by atoms with van der Waals surface area (Å²) >= 11 is 0. The van der Waals surface area contributed by atoms with Gasteiger partial charge in [-0.2, -0.15) is 0 Å². The fraction of sp³-hybridized carbons (Fsp3) is 0.966. The van der Waals surface area contributed by atoms with Gasteiger partial charge in [-0.1, -0.05) is 47.0 Å². The fourth-order valence-corrected chi connectivity index (χ4v) is 5.32. The molecule has 0 aromatic heterocycles. The number of aliphatic hydroxyl groups excluding tert-OH is 7. The number of ether oxygens (including phenoxy) is 7. The lowest BCUT2D eigenvalue weighted by molar-refractivity contribution is -0.380. The molecule has 0 aromatic rings. The molecular formula is C29H52O15. The van der Waals surface area contributed by atoms with Gasteiger partial charge in [0.05, 0.1) is 19.3 Å². The van der Waals surface area contributed by atoms with Crippen molar-refractivity contribution in [1.29, 1.82) is 0 Å². The van der Waals surface area contributed by atoms with Crippen molar-refractivity contribution >= 4 is 5.97 Å². The number of esters is 1. The van der Waals surface area contributed by atoms with Crippen LogP contribution in [0.5, 0.6) is 0 Å². The molecule has 0 radical (unpaired) electrons. The van der Waals surface area contributed by atoms with Gasteiger partial charge in [-0.15, -0.1) is 0 Å². The molecule has 15 nitrogen and oxygen atoms in total. The maximum atomic E-state index is 12.0. The molecule has 258 valence electrons. The molecule has 3 aliphatic rings. The Kier molecular flexibility index (Phi) is 15.1. The van der Waals surface area contributed by atoms with Gasteiger partial charge in [0.2, 0.25) is 0 Å². The Morgan fingerprint density at radius 3 is 1.93 bits per heavy atom. The van der Waals surface area contributed by atoms with Crippen LogP contribution < -0.4 is 0 Å². The molecule has 0 saturated carbocycles. The average molecular weight is 641 g/mol. The Hall–Kier alpha value is -1.05. The highest BCUT2D eigenvalue weighted by Crippen LogP contribution is 2.31. The number of rotatable bonds is 15. The lowest BCUT2D eigenvalue weighted by Crippen LogP contribution is -2.64. The van der Waals surface area contributed by atoms with Crippen LogP contribution in [0, 0.1) is 5.92 Å². The first-order valence-corrected chi connectivity index (χ1v) is 15.6. The van der Waals surface area contributed by atoms with Crippen molar-refractivity contribution < 1.29 is 73.7 Å². The first-order valence-electron chi connectivity index (χ1n) is 15.6. The zero-order chi connectivity index (χ0) is 32.6. The van der Waals surface area contributed by atoms with Crippen molar-refractivity contribution in [3.63, 3.8) is 0 Å². The minimum Gasteiger partial charge on any atom is -0.463 e. The van der Waals surface area contributed by atoms with E-state index in [0.29, 0.717) is 0 Å². The second-order valence-electron chi connectivity index (χ2n) is 12.2. The number of unbranched alkanes of at least 4 members (excludes halogenated alkanes) is 1. The van der Waals surface area contributed by atoms with Gasteiger partial charge in [-0.25, -0.2) is 0 Å². The summed E-state index contributed by atoms with van der Waals surface area (Å²) in [6.07, 6.45) is -15.6. The Morgan fingerprint density at radius 1 is 0.750 bits per heavy atom. The molecule has 7 N–H and O–H groups in total. The van der Waals surface area contributed by atoms with Crippen LogP contribution >= 0.6 is 0 Å². The average Bonchev–Trinajstić information content (AvgIpc) is 2.98. The van der Waals surface area contributed by atoms with E-state index in [1.54, 1.807) is 0 Å². The molecule has 14 unspecified atom stereocenters. The van der Waals surface area contributed by atoms with Gasteiger partial charge < -0.3 is 68.9 Å². The molecule has 0 bridgehead atoms. The summed E-state index contributed by atoms with van der Waals surface area (Å²) in [5.74, 6) is -0.530. The Bertz CT molecular complexity index is 848. The van der Waals surface area contributed by atoms with Gasteiger partial charge in [0, 0.05) is 6.42 Å². The number of hydrogen-bond donors (Lipinski definition) is 7. The van der Waals surface area contributed by atoms with Crippen molar-refractivity contribution in [3.05, 3.63) is 0 Å². The quantitative estimate of drug-likeness (QED) is 0.103. The van der Waals surface area contributed by atoms with Crippen LogP contribution in [0.4, 0.5) is 0 Å². The van der Waals surface area contributed by atoms with E-state index in [4.69, 9.17) is 33.2 Å². The first-order chi connectivity index (χ1) is 20.9. The standard InChI is InChI=1S/C29H52O15/c1-5-7-9-15(8-6-2)41-28-25(20(33)16(30)11-39-28)44-29-26(21(34)17(31)12-40-29)43-27-24(37)23(36)22(35)18(42-27)13-38-19(32)10-14(3)4/h14-18,20-31,33-37H,5-13H2,1-4H3. The summed E-state index contributed by atoms with van der Waals surface area (Å²) in [5, 5.41) is 74.0. The molecule has 3 rings (SSSR count). The minimum absolute atomic E-state index is 0.0207. The largest absolute Gasteiger partial charge is 0.463 e. The number of carbonyl (C=O) groups is 1. The summed E-state index contributed by atoms with van der Waals surface area (Å²) in [5.41, 5.74) is 0. The molecule has 0 spiro atoms. The molecule has 0 amide bonds. The van der Waals surface area contributed by atoms with Crippen LogP contribution in [0.25, 0.3) is 0 Å². The van der Waals surface area contributed by atoms with E-state index in [9.17, 15) is 40.5 Å². The molecule has 0 aromatic carbocycles. The van der Waals surface area contributed by atoms with Crippen molar-refractivity contribution in [2.75, 3.05) is 19.8 Å². The fourth-order valence-electron chi connectivity index (χ4n) is 5.32. The first kappa shape index (κ1) is 37.4. The normalized spacial score (nSPS) is 40.6. The SMILES string of the molecule is CCCCC(CCC)OC1OCC(O)C(O)C1OC1OCC(O)C(O)C1OC1OC(COC(=O)CC(C)C)C(O)C(O)C1O. The van der Waals surface area contributed by atoms with Gasteiger partial charge >= 0.3 is 5.97 Å². The zero-order valence-electron chi connectivity index (χ0n) is 25.9. The van der Waals surface area contributed by atoms with E-state index < -0.39 is 92.5 Å². The molecule has 3 fully saturated rings. The highest BCUT2D eigenvalue weighted by molar-refractivity contribution is 5.69. The molecule has 44 heavy (non-hydrogen) atoms. The maximum absolute atomic E-state index is 12.0. The number of carbonyl (C=O) groups excluding carboxylic acids is 1. The molecule has 15 heteroatoms. The van der Waals surface area contributed by atoms with Crippen LogP contribution in [-0.4, -0.2) is 148 Å². The van der Waals surface area contributed by atoms with Crippen molar-refractivity contribution in [2.24, 2.45) is 5.92 Å². The number of aliphatic hydroxyl groups is 7. The molecule has 3 aliphatic heterocycles. The van der Waals surface area contributed by atoms with Gasteiger partial charge in [0.1, 0.15) is 67.6 Å². The molecular weight excluding hydrogens is 588 g/mol. The lowest BCUT2D eigenvalue weighted by Gasteiger charge is -2.46. The van der Waals surface area contributed by atoms with Crippen molar-refractivity contribution in [1.82, 2.24) is 0 Å². The van der Waals surface area contributed by atoms with E-state index in [1.165, 1.54) is 0 Å². The molecule has 14 atom stereocenters. The van der Waals surface area contributed by atoms with Crippen molar-refractivity contribution in [2.45, 2.75) is 152 Å². The second kappa shape index (κ2) is 17.8. The maximum Gasteiger partial charge on any atom is 0.306 e. The third-order valence-corrected chi connectivity index (χ3v) is 7.91. The van der Waals surface area contributed by atoms with Gasteiger partial charge in [0.15, 0.2) is 18.9 Å².